The largest absolute Gasteiger partial charge is 0.464 e. The van der Waals surface area contributed by atoms with Crippen molar-refractivity contribution in [1.82, 2.24) is 14.9 Å². The van der Waals surface area contributed by atoms with Gasteiger partial charge >= 0.3 is 6.18 Å². The number of aromatic nitrogens is 2. The van der Waals surface area contributed by atoms with Gasteiger partial charge in [-0.05, 0) is 23.6 Å². The third-order valence-corrected chi connectivity index (χ3v) is 5.20. The summed E-state index contributed by atoms with van der Waals surface area (Å²) in [6, 6.07) is 5.63. The van der Waals surface area contributed by atoms with Crippen molar-refractivity contribution in [2.24, 2.45) is 0 Å². The molecule has 3 aromatic rings. The van der Waals surface area contributed by atoms with Crippen LogP contribution in [0.1, 0.15) is 48.0 Å². The van der Waals surface area contributed by atoms with E-state index in [0.717, 1.165) is 5.56 Å². The van der Waals surface area contributed by atoms with Crippen LogP contribution in [0.25, 0.3) is 11.0 Å². The Balaban J connectivity index is 1.58. The Morgan fingerprint density at radius 2 is 2.07 bits per heavy atom. The lowest BCUT2D eigenvalue weighted by molar-refractivity contribution is -0.145. The maximum absolute atomic E-state index is 12.9. The highest BCUT2D eigenvalue weighted by Crippen LogP contribution is 2.28. The van der Waals surface area contributed by atoms with Crippen LogP contribution >= 0.6 is 0 Å². The third-order valence-electron chi connectivity index (χ3n) is 5.20. The number of alkyl halides is 3. The molecule has 0 spiro atoms. The number of fused-ring (bicyclic) bond motifs is 2. The second-order valence-electron chi connectivity index (χ2n) is 7.62. The second kappa shape index (κ2) is 7.26. The van der Waals surface area contributed by atoms with Crippen LogP contribution in [0, 0.1) is 0 Å². The first kappa shape index (κ1) is 19.6. The minimum absolute atomic E-state index is 0.0804. The highest BCUT2D eigenvalue weighted by Gasteiger charge is 2.35. The molecule has 4 rings (SSSR count). The van der Waals surface area contributed by atoms with E-state index in [9.17, 15) is 18.0 Å². The van der Waals surface area contributed by atoms with E-state index in [2.05, 4.69) is 23.8 Å². The van der Waals surface area contributed by atoms with E-state index >= 15 is 0 Å². The Kier molecular flexibility index (Phi) is 4.90. The van der Waals surface area contributed by atoms with Gasteiger partial charge in [0.1, 0.15) is 5.58 Å². The zero-order valence-electron chi connectivity index (χ0n) is 16.1. The molecule has 0 amide bonds. The summed E-state index contributed by atoms with van der Waals surface area (Å²) >= 11 is 0. The van der Waals surface area contributed by atoms with Crippen molar-refractivity contribution < 1.29 is 17.6 Å². The molecule has 0 atom stereocenters. The Labute approximate surface area is 165 Å². The Morgan fingerprint density at radius 3 is 2.79 bits per heavy atom. The molecule has 0 aliphatic carbocycles. The molecule has 1 aromatic carbocycles. The summed E-state index contributed by atoms with van der Waals surface area (Å²) in [6.07, 6.45) is -1.48. The van der Waals surface area contributed by atoms with Crippen LogP contribution in [0.4, 0.5) is 13.2 Å². The van der Waals surface area contributed by atoms with Crippen molar-refractivity contribution in [1.29, 1.82) is 0 Å². The number of hydrogen-bond donors (Lipinski definition) is 0. The minimum Gasteiger partial charge on any atom is -0.464 e. The monoisotopic (exact) mass is 403 g/mol. The summed E-state index contributed by atoms with van der Waals surface area (Å²) in [5, 5.41) is 0.546. The highest BCUT2D eigenvalue weighted by atomic mass is 19.4. The van der Waals surface area contributed by atoms with E-state index in [0.29, 0.717) is 59.8 Å². The van der Waals surface area contributed by atoms with Gasteiger partial charge in [0.25, 0.3) is 0 Å². The molecule has 1 aliphatic rings. The summed E-state index contributed by atoms with van der Waals surface area (Å²) in [4.78, 5) is 22.0. The molecule has 3 heterocycles. The third kappa shape index (κ3) is 3.89. The van der Waals surface area contributed by atoms with E-state index in [1.165, 1.54) is 12.5 Å². The predicted molar refractivity (Wildman–Crippen MR) is 101 cm³/mol. The second-order valence-corrected chi connectivity index (χ2v) is 7.62. The molecule has 0 N–H and O–H groups in total. The highest BCUT2D eigenvalue weighted by molar-refractivity contribution is 5.77. The van der Waals surface area contributed by atoms with Crippen molar-refractivity contribution in [3.8, 4) is 0 Å². The van der Waals surface area contributed by atoms with Crippen LogP contribution in [0.3, 0.4) is 0 Å². The van der Waals surface area contributed by atoms with Gasteiger partial charge in [0.15, 0.2) is 5.43 Å². The van der Waals surface area contributed by atoms with E-state index in [4.69, 9.17) is 4.42 Å². The molecule has 0 bridgehead atoms. The standard InChI is InChI=1S/C21H20F3N3O2/c1-12(2)13-3-4-18-16(7-13)19(28)15(11-29-18)10-27-6-5-17-14(9-27)8-25-20(26-17)21(22,23)24/h3-4,7-8,11-12H,5-6,9-10H2,1-2H3. The van der Waals surface area contributed by atoms with Crippen molar-refractivity contribution in [3.63, 3.8) is 0 Å². The van der Waals surface area contributed by atoms with Crippen LogP contribution < -0.4 is 5.43 Å². The average molecular weight is 403 g/mol. The van der Waals surface area contributed by atoms with Crippen LogP contribution in [0.15, 0.2) is 39.9 Å². The van der Waals surface area contributed by atoms with Gasteiger partial charge in [-0.25, -0.2) is 9.97 Å². The Bertz CT molecular complexity index is 1120. The quantitative estimate of drug-likeness (QED) is 0.653. The molecule has 0 saturated heterocycles. The maximum Gasteiger partial charge on any atom is 0.451 e. The van der Waals surface area contributed by atoms with Gasteiger partial charge in [0, 0.05) is 43.4 Å². The van der Waals surface area contributed by atoms with Crippen molar-refractivity contribution in [3.05, 3.63) is 69.1 Å². The molecule has 1 aliphatic heterocycles. The molecular weight excluding hydrogens is 383 g/mol. The fourth-order valence-corrected chi connectivity index (χ4v) is 3.54. The van der Waals surface area contributed by atoms with E-state index in [-0.39, 0.29) is 5.43 Å². The van der Waals surface area contributed by atoms with Gasteiger partial charge in [0.05, 0.1) is 17.3 Å². The first-order valence-electron chi connectivity index (χ1n) is 9.41. The minimum atomic E-state index is -4.55. The van der Waals surface area contributed by atoms with Gasteiger partial charge < -0.3 is 4.42 Å². The zero-order chi connectivity index (χ0) is 20.8. The Hall–Kier alpha value is -2.74. The zero-order valence-corrected chi connectivity index (χ0v) is 16.1. The average Bonchev–Trinajstić information content (AvgIpc) is 2.68. The summed E-state index contributed by atoms with van der Waals surface area (Å²) < 4.78 is 44.0. The molecule has 0 unspecified atom stereocenters. The number of nitrogens with zero attached hydrogens (tertiary/aromatic N) is 3. The molecule has 29 heavy (non-hydrogen) atoms. The van der Waals surface area contributed by atoms with Gasteiger partial charge in [-0.1, -0.05) is 19.9 Å². The lowest BCUT2D eigenvalue weighted by Crippen LogP contribution is -2.33. The van der Waals surface area contributed by atoms with Crippen LogP contribution in [-0.2, 0) is 25.7 Å². The van der Waals surface area contributed by atoms with E-state index in [1.54, 1.807) is 0 Å². The van der Waals surface area contributed by atoms with Gasteiger partial charge in [0.2, 0.25) is 5.82 Å². The van der Waals surface area contributed by atoms with Gasteiger partial charge in [-0.15, -0.1) is 0 Å². The number of benzene rings is 1. The lowest BCUT2D eigenvalue weighted by atomic mass is 10.0. The van der Waals surface area contributed by atoms with E-state index in [1.807, 2.05) is 23.1 Å². The molecule has 8 heteroatoms. The summed E-state index contributed by atoms with van der Waals surface area (Å²) in [5.74, 6) is -0.816. The van der Waals surface area contributed by atoms with Gasteiger partial charge in [-0.2, -0.15) is 13.2 Å². The number of hydrogen-bond acceptors (Lipinski definition) is 5. The number of halogens is 3. The maximum atomic E-state index is 12.9. The summed E-state index contributed by atoms with van der Waals surface area (Å²) in [5.41, 5.74) is 3.11. The number of rotatable bonds is 3. The normalized spacial score (nSPS) is 15.1. The first-order chi connectivity index (χ1) is 13.7. The molecule has 0 fully saturated rings. The van der Waals surface area contributed by atoms with Crippen molar-refractivity contribution in [2.75, 3.05) is 6.54 Å². The fourth-order valence-electron chi connectivity index (χ4n) is 3.54. The summed E-state index contributed by atoms with van der Waals surface area (Å²) in [7, 11) is 0. The topological polar surface area (TPSA) is 59.2 Å². The van der Waals surface area contributed by atoms with Crippen LogP contribution in [0.2, 0.25) is 0 Å². The lowest BCUT2D eigenvalue weighted by Gasteiger charge is -2.27. The Morgan fingerprint density at radius 1 is 1.28 bits per heavy atom. The molecular formula is C21H20F3N3O2. The van der Waals surface area contributed by atoms with E-state index < -0.39 is 12.0 Å². The molecule has 2 aromatic heterocycles. The fraction of sp³-hybridized carbons (Fsp3) is 0.381. The van der Waals surface area contributed by atoms with Gasteiger partial charge in [-0.3, -0.25) is 9.69 Å². The van der Waals surface area contributed by atoms with Crippen molar-refractivity contribution in [2.45, 2.75) is 45.5 Å². The summed E-state index contributed by atoms with van der Waals surface area (Å²) in [6.45, 7) is 5.36. The molecule has 152 valence electrons. The molecule has 0 saturated carbocycles. The predicted octanol–water partition coefficient (Wildman–Crippen LogP) is 4.28. The molecule has 5 nitrogen and oxygen atoms in total. The van der Waals surface area contributed by atoms with Crippen molar-refractivity contribution >= 4 is 11.0 Å². The smallest absolute Gasteiger partial charge is 0.451 e. The first-order valence-corrected chi connectivity index (χ1v) is 9.41. The molecule has 0 radical (unpaired) electrons. The SMILES string of the molecule is CC(C)c1ccc2occ(CN3CCc4nc(C(F)(F)F)ncc4C3)c(=O)c2c1. The van der Waals surface area contributed by atoms with Crippen LogP contribution in [-0.4, -0.2) is 21.4 Å². The van der Waals surface area contributed by atoms with Crippen LogP contribution in [0.5, 0.6) is 0 Å².